The first kappa shape index (κ1) is 27.8. The maximum absolute atomic E-state index is 14.3. The van der Waals surface area contributed by atoms with Crippen molar-refractivity contribution in [2.24, 2.45) is 0 Å². The Bertz CT molecular complexity index is 1560. The van der Waals surface area contributed by atoms with Gasteiger partial charge in [-0.05, 0) is 48.2 Å². The lowest BCUT2D eigenvalue weighted by Crippen LogP contribution is -2.29. The number of amides is 1. The molecular weight excluding hydrogens is 527 g/mol. The Kier molecular flexibility index (Phi) is 7.72. The second-order valence-electron chi connectivity index (χ2n) is 8.99. The number of fused-ring (bicyclic) bond motifs is 1. The molecule has 2 heterocycles. The van der Waals surface area contributed by atoms with Crippen LogP contribution in [0.3, 0.4) is 0 Å². The van der Waals surface area contributed by atoms with Gasteiger partial charge in [0.15, 0.2) is 17.4 Å². The van der Waals surface area contributed by atoms with E-state index in [0.717, 1.165) is 22.7 Å². The second kappa shape index (κ2) is 10.8. The van der Waals surface area contributed by atoms with Crippen molar-refractivity contribution >= 4 is 11.4 Å². The predicted molar refractivity (Wildman–Crippen MR) is 130 cm³/mol. The van der Waals surface area contributed by atoms with Crippen molar-refractivity contribution < 1.29 is 36.6 Å². The van der Waals surface area contributed by atoms with Crippen molar-refractivity contribution in [2.75, 3.05) is 6.61 Å². The van der Waals surface area contributed by atoms with Gasteiger partial charge in [0.25, 0.3) is 11.5 Å². The van der Waals surface area contributed by atoms with E-state index in [1.54, 1.807) is 13.8 Å². The Morgan fingerprint density at radius 1 is 1.15 bits per heavy atom. The van der Waals surface area contributed by atoms with E-state index in [9.17, 15) is 36.6 Å². The minimum Gasteiger partial charge on any atom is -0.403 e. The third-order valence-electron chi connectivity index (χ3n) is 5.93. The van der Waals surface area contributed by atoms with E-state index in [1.165, 1.54) is 30.5 Å². The molecule has 0 saturated carbocycles. The van der Waals surface area contributed by atoms with Gasteiger partial charge in [-0.1, -0.05) is 26.0 Å². The standard InChI is InChI=1S/C26H23F5N4O4/c1-13(2)21-17(24(37)32-19(9-10-36)14-3-6-16(27)7-4-14)12-35-22(21)25(38)33-23(34-35)15-5-8-20(18(28)11-15)39-26(29,30)31/h3-8,11-13,19,36H,9-10H2,1-2H3,(H,32,37)(H,33,34,38). The zero-order valence-electron chi connectivity index (χ0n) is 20.6. The summed E-state index contributed by atoms with van der Waals surface area (Å²) in [5, 5.41) is 16.5. The fraction of sp³-hybridized carbons (Fsp3) is 0.269. The molecule has 3 N–H and O–H groups in total. The van der Waals surface area contributed by atoms with Crippen LogP contribution in [0.5, 0.6) is 5.75 Å². The van der Waals surface area contributed by atoms with E-state index in [-0.39, 0.29) is 41.4 Å². The van der Waals surface area contributed by atoms with Crippen molar-refractivity contribution in [1.82, 2.24) is 19.9 Å². The van der Waals surface area contributed by atoms with Crippen LogP contribution in [0, 0.1) is 11.6 Å². The minimum absolute atomic E-state index is 0.0360. The maximum atomic E-state index is 14.3. The summed E-state index contributed by atoms with van der Waals surface area (Å²) < 4.78 is 69.8. The number of aromatic nitrogens is 3. The molecule has 0 aliphatic heterocycles. The van der Waals surface area contributed by atoms with E-state index in [1.807, 2.05) is 0 Å². The van der Waals surface area contributed by atoms with Gasteiger partial charge in [-0.2, -0.15) is 0 Å². The number of hydrogen-bond acceptors (Lipinski definition) is 5. The van der Waals surface area contributed by atoms with Crippen LogP contribution < -0.4 is 15.6 Å². The first-order valence-electron chi connectivity index (χ1n) is 11.8. The number of benzene rings is 2. The molecule has 0 bridgehead atoms. The van der Waals surface area contributed by atoms with Gasteiger partial charge in [0.05, 0.1) is 11.6 Å². The largest absolute Gasteiger partial charge is 0.573 e. The van der Waals surface area contributed by atoms with Crippen molar-refractivity contribution in [3.8, 4) is 17.1 Å². The van der Waals surface area contributed by atoms with Gasteiger partial charge in [-0.25, -0.2) is 13.3 Å². The number of nitrogens with zero attached hydrogens (tertiary/aromatic N) is 2. The average molecular weight is 550 g/mol. The number of carbonyl (C=O) groups is 1. The Morgan fingerprint density at radius 2 is 1.85 bits per heavy atom. The molecule has 4 aromatic rings. The lowest BCUT2D eigenvalue weighted by molar-refractivity contribution is -0.275. The summed E-state index contributed by atoms with van der Waals surface area (Å²) >= 11 is 0. The molecule has 1 unspecified atom stereocenters. The third kappa shape index (κ3) is 6.08. The first-order chi connectivity index (χ1) is 18.4. The van der Waals surface area contributed by atoms with Gasteiger partial charge in [-0.3, -0.25) is 9.59 Å². The highest BCUT2D eigenvalue weighted by molar-refractivity contribution is 5.98. The van der Waals surface area contributed by atoms with Crippen LogP contribution in [-0.4, -0.2) is 38.6 Å². The zero-order valence-corrected chi connectivity index (χ0v) is 20.6. The Hall–Kier alpha value is -4.26. The fourth-order valence-electron chi connectivity index (χ4n) is 4.25. The number of carbonyl (C=O) groups excluding carboxylic acids is 1. The lowest BCUT2D eigenvalue weighted by atomic mass is 9.98. The molecule has 39 heavy (non-hydrogen) atoms. The van der Waals surface area contributed by atoms with Crippen molar-refractivity contribution in [3.63, 3.8) is 0 Å². The van der Waals surface area contributed by atoms with Crippen LogP contribution in [0.1, 0.15) is 53.7 Å². The molecule has 0 aliphatic rings. The number of aliphatic hydroxyl groups is 1. The van der Waals surface area contributed by atoms with E-state index in [2.05, 4.69) is 20.1 Å². The topological polar surface area (TPSA) is 109 Å². The molecule has 1 amide bonds. The summed E-state index contributed by atoms with van der Waals surface area (Å²) in [6.45, 7) is 3.27. The summed E-state index contributed by atoms with van der Waals surface area (Å²) in [6.07, 6.45) is -3.63. The van der Waals surface area contributed by atoms with Crippen LogP contribution >= 0.6 is 0 Å². The molecule has 2 aromatic heterocycles. The summed E-state index contributed by atoms with van der Waals surface area (Å²) in [5.74, 6) is -3.88. The average Bonchev–Trinajstić information content (AvgIpc) is 3.25. The van der Waals surface area contributed by atoms with Crippen LogP contribution in [-0.2, 0) is 0 Å². The van der Waals surface area contributed by atoms with Crippen LogP contribution in [0.4, 0.5) is 22.0 Å². The number of alkyl halides is 3. The number of rotatable bonds is 8. The molecule has 0 radical (unpaired) electrons. The highest BCUT2D eigenvalue weighted by Gasteiger charge is 2.32. The first-order valence-corrected chi connectivity index (χ1v) is 11.8. The molecule has 1 atom stereocenters. The van der Waals surface area contributed by atoms with Crippen molar-refractivity contribution in [1.29, 1.82) is 0 Å². The lowest BCUT2D eigenvalue weighted by Gasteiger charge is -2.19. The zero-order chi connectivity index (χ0) is 28.5. The molecular formula is C26H23F5N4O4. The molecule has 206 valence electrons. The van der Waals surface area contributed by atoms with E-state index in [4.69, 9.17) is 0 Å². The molecule has 4 rings (SSSR count). The van der Waals surface area contributed by atoms with E-state index in [0.29, 0.717) is 11.1 Å². The molecule has 8 nitrogen and oxygen atoms in total. The summed E-state index contributed by atoms with van der Waals surface area (Å²) in [6, 6.07) is 7.35. The number of ether oxygens (including phenoxy) is 1. The minimum atomic E-state index is -5.09. The van der Waals surface area contributed by atoms with Crippen LogP contribution in [0.2, 0.25) is 0 Å². The molecule has 2 aromatic carbocycles. The number of aliphatic hydroxyl groups excluding tert-OH is 1. The maximum Gasteiger partial charge on any atom is 0.573 e. The molecule has 0 spiro atoms. The highest BCUT2D eigenvalue weighted by atomic mass is 19.4. The Morgan fingerprint density at radius 3 is 2.44 bits per heavy atom. The van der Waals surface area contributed by atoms with Gasteiger partial charge in [0.1, 0.15) is 11.3 Å². The van der Waals surface area contributed by atoms with Gasteiger partial charge < -0.3 is 20.1 Å². The smallest absolute Gasteiger partial charge is 0.403 e. The molecule has 0 fully saturated rings. The SMILES string of the molecule is CC(C)c1c(C(=O)NC(CCO)c2ccc(F)cc2)cn2nc(-c3ccc(OC(F)(F)F)c(F)c3)[nH]c(=O)c12. The fourth-order valence-corrected chi connectivity index (χ4v) is 4.25. The number of nitrogens with one attached hydrogen (secondary N) is 2. The molecule has 13 heteroatoms. The highest BCUT2D eigenvalue weighted by Crippen LogP contribution is 2.30. The normalized spacial score (nSPS) is 12.6. The number of hydrogen-bond donors (Lipinski definition) is 3. The quantitative estimate of drug-likeness (QED) is 0.272. The van der Waals surface area contributed by atoms with Crippen molar-refractivity contribution in [3.05, 3.63) is 87.3 Å². The van der Waals surface area contributed by atoms with Gasteiger partial charge in [0, 0.05) is 23.9 Å². The molecule has 0 aliphatic carbocycles. The van der Waals surface area contributed by atoms with Gasteiger partial charge in [-0.15, -0.1) is 18.3 Å². The van der Waals surface area contributed by atoms with Crippen LogP contribution in [0.15, 0.2) is 53.5 Å². The second-order valence-corrected chi connectivity index (χ2v) is 8.99. The predicted octanol–water partition coefficient (Wildman–Crippen LogP) is 4.84. The Balaban J connectivity index is 1.73. The van der Waals surface area contributed by atoms with Crippen LogP contribution in [0.25, 0.3) is 16.9 Å². The molecule has 0 saturated heterocycles. The van der Waals surface area contributed by atoms with Crippen molar-refractivity contribution in [2.45, 2.75) is 38.6 Å². The van der Waals surface area contributed by atoms with E-state index < -0.39 is 41.3 Å². The summed E-state index contributed by atoms with van der Waals surface area (Å²) in [7, 11) is 0. The summed E-state index contributed by atoms with van der Waals surface area (Å²) in [5.41, 5.74) is 0.402. The number of aromatic amines is 1. The number of H-pyrrole nitrogens is 1. The van der Waals surface area contributed by atoms with Gasteiger partial charge >= 0.3 is 6.36 Å². The van der Waals surface area contributed by atoms with Gasteiger partial charge in [0.2, 0.25) is 0 Å². The summed E-state index contributed by atoms with van der Waals surface area (Å²) in [4.78, 5) is 28.9. The Labute approximate surface area is 218 Å². The van der Waals surface area contributed by atoms with E-state index >= 15 is 0 Å². The third-order valence-corrected chi connectivity index (χ3v) is 5.93. The monoisotopic (exact) mass is 550 g/mol. The number of halogens is 5.